The first kappa shape index (κ1) is 22.5. The molecule has 0 unspecified atom stereocenters. The van der Waals surface area contributed by atoms with E-state index in [0.717, 1.165) is 4.90 Å². The number of esters is 1. The highest BCUT2D eigenvalue weighted by Gasteiger charge is 2.38. The van der Waals surface area contributed by atoms with Gasteiger partial charge in [-0.05, 0) is 48.5 Å². The number of ketones is 1. The van der Waals surface area contributed by atoms with Crippen molar-refractivity contribution in [3.05, 3.63) is 93.0 Å². The SMILES string of the molecule is COc1cccc(C(=O)COC(=O)c2ccc3c(c2)C(=O)N(c2cc(Cl)ccc2Cl)C3=O)c1. The molecule has 3 aromatic rings. The third-order valence-corrected chi connectivity index (χ3v) is 5.55. The van der Waals surface area contributed by atoms with Crippen molar-refractivity contribution in [3.8, 4) is 5.75 Å². The number of hydrogen-bond donors (Lipinski definition) is 0. The Hall–Kier alpha value is -3.68. The fourth-order valence-corrected chi connectivity index (χ4v) is 3.71. The Morgan fingerprint density at radius 1 is 0.879 bits per heavy atom. The molecule has 1 aliphatic rings. The molecule has 0 saturated heterocycles. The second-order valence-electron chi connectivity index (χ2n) is 7.03. The largest absolute Gasteiger partial charge is 0.497 e. The Morgan fingerprint density at radius 2 is 1.64 bits per heavy atom. The van der Waals surface area contributed by atoms with Crippen molar-refractivity contribution in [1.82, 2.24) is 0 Å². The summed E-state index contributed by atoms with van der Waals surface area (Å²) < 4.78 is 10.2. The van der Waals surface area contributed by atoms with Gasteiger partial charge in [0.15, 0.2) is 12.4 Å². The molecule has 0 spiro atoms. The summed E-state index contributed by atoms with van der Waals surface area (Å²) in [5, 5.41) is 0.473. The van der Waals surface area contributed by atoms with Gasteiger partial charge >= 0.3 is 5.97 Å². The predicted octanol–water partition coefficient (Wildman–Crippen LogP) is 4.84. The van der Waals surface area contributed by atoms with Gasteiger partial charge in [0.1, 0.15) is 5.75 Å². The second kappa shape index (κ2) is 9.05. The van der Waals surface area contributed by atoms with Crippen LogP contribution in [-0.4, -0.2) is 37.3 Å². The fourth-order valence-electron chi connectivity index (χ4n) is 3.34. The molecule has 1 heterocycles. The van der Waals surface area contributed by atoms with E-state index in [4.69, 9.17) is 32.7 Å². The molecule has 0 saturated carbocycles. The number of methoxy groups -OCH3 is 1. The molecular weight excluding hydrogens is 469 g/mol. The molecule has 9 heteroatoms. The number of benzene rings is 3. The average molecular weight is 484 g/mol. The Bertz CT molecular complexity index is 1320. The third kappa shape index (κ3) is 4.33. The lowest BCUT2D eigenvalue weighted by molar-refractivity contribution is 0.0474. The molecule has 0 radical (unpaired) electrons. The third-order valence-electron chi connectivity index (χ3n) is 5.00. The summed E-state index contributed by atoms with van der Waals surface area (Å²) in [6.07, 6.45) is 0. The lowest BCUT2D eigenvalue weighted by atomic mass is 10.1. The van der Waals surface area contributed by atoms with Crippen LogP contribution >= 0.6 is 23.2 Å². The van der Waals surface area contributed by atoms with Crippen LogP contribution in [0.3, 0.4) is 0 Å². The van der Waals surface area contributed by atoms with Gasteiger partial charge in [0.25, 0.3) is 11.8 Å². The standard InChI is InChI=1S/C24H15Cl2NO6/c1-32-16-4-2-3-13(9-16)21(28)12-33-24(31)14-5-7-17-18(10-14)23(30)27(22(17)29)20-11-15(25)6-8-19(20)26/h2-11H,12H2,1H3. The number of carbonyl (C=O) groups is 4. The van der Waals surface area contributed by atoms with Crippen LogP contribution in [0, 0.1) is 0 Å². The minimum atomic E-state index is -0.812. The number of hydrogen-bond acceptors (Lipinski definition) is 6. The first-order valence-electron chi connectivity index (χ1n) is 9.62. The number of imide groups is 1. The average Bonchev–Trinajstić information content (AvgIpc) is 3.08. The van der Waals surface area contributed by atoms with Gasteiger partial charge in [-0.1, -0.05) is 35.3 Å². The van der Waals surface area contributed by atoms with Gasteiger partial charge in [0.2, 0.25) is 0 Å². The monoisotopic (exact) mass is 483 g/mol. The topological polar surface area (TPSA) is 90.0 Å². The number of amides is 2. The first-order valence-corrected chi connectivity index (χ1v) is 10.4. The molecule has 0 aromatic heterocycles. The van der Waals surface area contributed by atoms with Crippen molar-refractivity contribution in [2.45, 2.75) is 0 Å². The van der Waals surface area contributed by atoms with Crippen LogP contribution in [0.2, 0.25) is 10.0 Å². The van der Waals surface area contributed by atoms with E-state index in [1.165, 1.54) is 49.6 Å². The molecule has 0 fully saturated rings. The molecular formula is C24H15Cl2NO6. The summed E-state index contributed by atoms with van der Waals surface area (Å²) in [4.78, 5) is 51.5. The smallest absolute Gasteiger partial charge is 0.338 e. The van der Waals surface area contributed by atoms with Crippen molar-refractivity contribution in [3.63, 3.8) is 0 Å². The van der Waals surface area contributed by atoms with E-state index in [1.807, 2.05) is 0 Å². The Balaban J connectivity index is 1.52. The van der Waals surface area contributed by atoms with Crippen LogP contribution in [0.25, 0.3) is 0 Å². The summed E-state index contributed by atoms with van der Waals surface area (Å²) >= 11 is 12.1. The molecule has 0 N–H and O–H groups in total. The zero-order valence-electron chi connectivity index (χ0n) is 17.1. The highest BCUT2D eigenvalue weighted by Crippen LogP contribution is 2.35. The summed E-state index contributed by atoms with van der Waals surface area (Å²) in [7, 11) is 1.48. The van der Waals surface area contributed by atoms with Gasteiger partial charge < -0.3 is 9.47 Å². The van der Waals surface area contributed by atoms with Crippen molar-refractivity contribution in [2.75, 3.05) is 18.6 Å². The highest BCUT2D eigenvalue weighted by molar-refractivity contribution is 6.41. The van der Waals surface area contributed by atoms with Gasteiger partial charge in [-0.2, -0.15) is 0 Å². The molecule has 4 rings (SSSR count). The van der Waals surface area contributed by atoms with Crippen LogP contribution in [0.15, 0.2) is 60.7 Å². The van der Waals surface area contributed by atoms with Crippen molar-refractivity contribution in [1.29, 1.82) is 0 Å². The Labute approximate surface area is 198 Å². The molecule has 7 nitrogen and oxygen atoms in total. The van der Waals surface area contributed by atoms with Gasteiger partial charge in [0, 0.05) is 10.6 Å². The molecule has 3 aromatic carbocycles. The van der Waals surface area contributed by atoms with E-state index in [-0.39, 0.29) is 27.4 Å². The van der Waals surface area contributed by atoms with E-state index in [0.29, 0.717) is 16.3 Å². The van der Waals surface area contributed by atoms with Crippen molar-refractivity contribution < 1.29 is 28.7 Å². The Kier molecular flexibility index (Phi) is 6.18. The van der Waals surface area contributed by atoms with E-state index in [9.17, 15) is 19.2 Å². The summed E-state index contributed by atoms with van der Waals surface area (Å²) in [6.45, 7) is -0.500. The van der Waals surface area contributed by atoms with E-state index >= 15 is 0 Å². The van der Waals surface area contributed by atoms with Gasteiger partial charge in [-0.25, -0.2) is 9.69 Å². The minimum Gasteiger partial charge on any atom is -0.497 e. The Morgan fingerprint density at radius 3 is 2.39 bits per heavy atom. The van der Waals surface area contributed by atoms with Crippen molar-refractivity contribution >= 4 is 52.5 Å². The number of nitrogens with zero attached hydrogens (tertiary/aromatic N) is 1. The fraction of sp³-hybridized carbons (Fsp3) is 0.0833. The predicted molar refractivity (Wildman–Crippen MR) is 122 cm³/mol. The molecule has 0 bridgehead atoms. The van der Waals surface area contributed by atoms with Crippen molar-refractivity contribution in [2.24, 2.45) is 0 Å². The molecule has 1 aliphatic heterocycles. The van der Waals surface area contributed by atoms with E-state index in [2.05, 4.69) is 0 Å². The molecule has 33 heavy (non-hydrogen) atoms. The van der Waals surface area contributed by atoms with E-state index in [1.54, 1.807) is 18.2 Å². The number of fused-ring (bicyclic) bond motifs is 1. The molecule has 2 amide bonds. The lowest BCUT2D eigenvalue weighted by Crippen LogP contribution is -2.29. The maximum Gasteiger partial charge on any atom is 0.338 e. The second-order valence-corrected chi connectivity index (χ2v) is 7.88. The number of carbonyl (C=O) groups excluding carboxylic acids is 4. The minimum absolute atomic E-state index is 0.0182. The van der Waals surface area contributed by atoms with Crippen LogP contribution in [-0.2, 0) is 4.74 Å². The summed E-state index contributed by atoms with van der Waals surface area (Å²) in [5.74, 6) is -1.98. The normalized spacial score (nSPS) is 12.5. The molecule has 0 atom stereocenters. The van der Waals surface area contributed by atoms with Crippen LogP contribution in [0.1, 0.15) is 41.4 Å². The summed E-state index contributed by atoms with van der Waals surface area (Å²) in [5.41, 5.74) is 0.617. The zero-order chi connectivity index (χ0) is 23.7. The van der Waals surface area contributed by atoms with Crippen LogP contribution in [0.4, 0.5) is 5.69 Å². The number of rotatable bonds is 6. The van der Waals surface area contributed by atoms with Gasteiger partial charge in [0.05, 0.1) is 34.5 Å². The maximum atomic E-state index is 12.9. The van der Waals surface area contributed by atoms with Gasteiger partial charge in [-0.15, -0.1) is 0 Å². The zero-order valence-corrected chi connectivity index (χ0v) is 18.6. The maximum absolute atomic E-state index is 12.9. The number of Topliss-reactive ketones (excluding diaryl/α,β-unsaturated/α-hetero) is 1. The lowest BCUT2D eigenvalue weighted by Gasteiger charge is -2.15. The quantitative estimate of drug-likeness (QED) is 0.283. The van der Waals surface area contributed by atoms with Crippen LogP contribution in [0.5, 0.6) is 5.75 Å². The first-order chi connectivity index (χ1) is 15.8. The summed E-state index contributed by atoms with van der Waals surface area (Å²) in [6, 6.07) is 14.8. The van der Waals surface area contributed by atoms with Gasteiger partial charge in [-0.3, -0.25) is 14.4 Å². The van der Waals surface area contributed by atoms with E-state index < -0.39 is 30.2 Å². The number of anilines is 1. The number of ether oxygens (including phenoxy) is 2. The molecule has 0 aliphatic carbocycles. The number of halogens is 2. The highest BCUT2D eigenvalue weighted by atomic mass is 35.5. The molecule has 166 valence electrons. The van der Waals surface area contributed by atoms with Crippen LogP contribution < -0.4 is 9.64 Å².